The van der Waals surface area contributed by atoms with Crippen molar-refractivity contribution in [1.82, 2.24) is 0 Å². The number of rotatable bonds is 13. The van der Waals surface area contributed by atoms with E-state index < -0.39 is 14.3 Å². The van der Waals surface area contributed by atoms with E-state index in [9.17, 15) is 9.59 Å². The molecule has 1 N–H and O–H groups in total. The standard InChI is InChI=1S/C30H46O5Si/c1-21(22-13-15-23(16-14-22)35-36(5,6)30(2,3)4)26(31)18-17-25-24(27-19-20-28(25)34-27)11-9-7-8-10-12-29(32)33/h13-18,21,24-25,27-28H,7-12,19-20H2,1-6H3,(H,32,33)/t21?,24-,25+,27-,28+/m0/s1. The van der Waals surface area contributed by atoms with Gasteiger partial charge in [0.2, 0.25) is 8.32 Å². The van der Waals surface area contributed by atoms with Crippen LogP contribution in [0.5, 0.6) is 5.75 Å². The molecule has 0 aromatic heterocycles. The summed E-state index contributed by atoms with van der Waals surface area (Å²) in [7, 11) is -1.89. The van der Waals surface area contributed by atoms with E-state index in [4.69, 9.17) is 14.3 Å². The summed E-state index contributed by atoms with van der Waals surface area (Å²) in [5, 5.41) is 8.93. The van der Waals surface area contributed by atoms with Gasteiger partial charge >= 0.3 is 5.97 Å². The lowest BCUT2D eigenvalue weighted by Gasteiger charge is -2.36. The first kappa shape index (κ1) is 28.6. The van der Waals surface area contributed by atoms with Crippen LogP contribution in [0.4, 0.5) is 0 Å². The van der Waals surface area contributed by atoms with Crippen LogP contribution >= 0.6 is 0 Å². The number of carbonyl (C=O) groups excluding carboxylic acids is 1. The molecule has 6 heteroatoms. The number of benzene rings is 1. The van der Waals surface area contributed by atoms with Crippen molar-refractivity contribution in [2.24, 2.45) is 11.8 Å². The number of ether oxygens (including phenoxy) is 1. The van der Waals surface area contributed by atoms with Gasteiger partial charge in [0.1, 0.15) is 5.75 Å². The zero-order valence-corrected chi connectivity index (χ0v) is 24.1. The van der Waals surface area contributed by atoms with E-state index in [0.717, 1.165) is 56.3 Å². The maximum atomic E-state index is 13.0. The minimum Gasteiger partial charge on any atom is -0.544 e. The summed E-state index contributed by atoms with van der Waals surface area (Å²) in [5.41, 5.74) is 1.01. The third kappa shape index (κ3) is 7.31. The van der Waals surface area contributed by atoms with E-state index in [1.165, 1.54) is 0 Å². The van der Waals surface area contributed by atoms with E-state index in [0.29, 0.717) is 17.9 Å². The lowest BCUT2D eigenvalue weighted by molar-refractivity contribution is -0.137. The smallest absolute Gasteiger partial charge is 0.303 e. The third-order valence-corrected chi connectivity index (χ3v) is 13.0. The summed E-state index contributed by atoms with van der Waals surface area (Å²) in [6.07, 6.45) is 11.9. The van der Waals surface area contributed by atoms with Crippen LogP contribution in [0.1, 0.15) is 90.5 Å². The van der Waals surface area contributed by atoms with Gasteiger partial charge in [-0.1, -0.05) is 65.2 Å². The maximum Gasteiger partial charge on any atom is 0.303 e. The highest BCUT2D eigenvalue weighted by Gasteiger charge is 2.47. The monoisotopic (exact) mass is 514 g/mol. The van der Waals surface area contributed by atoms with Gasteiger partial charge in [-0.15, -0.1) is 0 Å². The Morgan fingerprint density at radius 1 is 1.08 bits per heavy atom. The Bertz CT molecular complexity index is 914. The number of fused-ring (bicyclic) bond motifs is 2. The fourth-order valence-corrected chi connectivity index (χ4v) is 6.28. The molecule has 1 unspecified atom stereocenters. The summed E-state index contributed by atoms with van der Waals surface area (Å²) < 4.78 is 12.6. The molecule has 2 fully saturated rings. The molecule has 2 saturated heterocycles. The summed E-state index contributed by atoms with van der Waals surface area (Å²) in [6.45, 7) is 13.1. The first-order valence-corrected chi connectivity index (χ1v) is 16.7. The predicted octanol–water partition coefficient (Wildman–Crippen LogP) is 7.52. The average Bonchev–Trinajstić information content (AvgIpc) is 3.40. The lowest BCUT2D eigenvalue weighted by Crippen LogP contribution is -2.43. The molecule has 2 heterocycles. The van der Waals surface area contributed by atoms with Crippen LogP contribution in [0.2, 0.25) is 18.1 Å². The van der Waals surface area contributed by atoms with E-state index in [2.05, 4.69) is 39.9 Å². The molecule has 200 valence electrons. The summed E-state index contributed by atoms with van der Waals surface area (Å²) >= 11 is 0. The van der Waals surface area contributed by atoms with Gasteiger partial charge in [-0.25, -0.2) is 0 Å². The van der Waals surface area contributed by atoms with Gasteiger partial charge in [-0.05, 0) is 73.5 Å². The zero-order valence-electron chi connectivity index (χ0n) is 23.1. The summed E-state index contributed by atoms with van der Waals surface area (Å²) in [5.74, 6) is 0.869. The minimum atomic E-state index is -1.89. The second-order valence-electron chi connectivity index (χ2n) is 12.3. The summed E-state index contributed by atoms with van der Waals surface area (Å²) in [6, 6.07) is 8.04. The molecule has 0 amide bonds. The van der Waals surface area contributed by atoms with Crippen molar-refractivity contribution in [2.75, 3.05) is 0 Å². The van der Waals surface area contributed by atoms with Gasteiger partial charge in [0.15, 0.2) is 5.78 Å². The first-order valence-electron chi connectivity index (χ1n) is 13.8. The van der Waals surface area contributed by atoms with Gasteiger partial charge in [0.05, 0.1) is 12.2 Å². The van der Waals surface area contributed by atoms with Crippen molar-refractivity contribution < 1.29 is 23.9 Å². The van der Waals surface area contributed by atoms with Crippen molar-refractivity contribution in [1.29, 1.82) is 0 Å². The number of aliphatic carboxylic acids is 1. The number of hydrogen-bond acceptors (Lipinski definition) is 4. The number of carbonyl (C=O) groups is 2. The van der Waals surface area contributed by atoms with Crippen molar-refractivity contribution >= 4 is 20.1 Å². The second kappa shape index (κ2) is 12.1. The fourth-order valence-electron chi connectivity index (χ4n) is 5.25. The Hall–Kier alpha value is -1.92. The van der Waals surface area contributed by atoms with Crippen molar-refractivity contribution in [3.63, 3.8) is 0 Å². The number of carboxylic acids is 1. The van der Waals surface area contributed by atoms with Gasteiger partial charge in [-0.2, -0.15) is 0 Å². The van der Waals surface area contributed by atoms with E-state index in [1.807, 2.05) is 31.2 Å². The molecule has 36 heavy (non-hydrogen) atoms. The summed E-state index contributed by atoms with van der Waals surface area (Å²) in [4.78, 5) is 23.7. The Balaban J connectivity index is 1.54. The number of hydrogen-bond donors (Lipinski definition) is 1. The van der Waals surface area contributed by atoms with E-state index in [1.54, 1.807) is 6.08 Å². The third-order valence-electron chi connectivity index (χ3n) is 8.63. The van der Waals surface area contributed by atoms with Crippen LogP contribution in [-0.2, 0) is 14.3 Å². The first-order chi connectivity index (χ1) is 16.9. The molecular weight excluding hydrogens is 468 g/mol. The van der Waals surface area contributed by atoms with Crippen molar-refractivity contribution in [2.45, 2.75) is 115 Å². The predicted molar refractivity (Wildman–Crippen MR) is 147 cm³/mol. The minimum absolute atomic E-state index is 0.128. The van der Waals surface area contributed by atoms with Gasteiger partial charge in [0, 0.05) is 18.3 Å². The molecule has 2 aliphatic heterocycles. The number of unbranched alkanes of at least 4 members (excludes halogenated alkanes) is 3. The van der Waals surface area contributed by atoms with Crippen molar-refractivity contribution in [3.05, 3.63) is 42.0 Å². The molecule has 0 aliphatic carbocycles. The number of ketones is 1. The molecule has 2 aliphatic rings. The maximum absolute atomic E-state index is 13.0. The van der Waals surface area contributed by atoms with Gasteiger partial charge < -0.3 is 14.3 Å². The van der Waals surface area contributed by atoms with E-state index >= 15 is 0 Å². The normalized spacial score (nSPS) is 24.8. The quantitative estimate of drug-likeness (QED) is 0.167. The largest absolute Gasteiger partial charge is 0.544 e. The van der Waals surface area contributed by atoms with Gasteiger partial charge in [0.25, 0.3) is 0 Å². The second-order valence-corrected chi connectivity index (χ2v) is 17.0. The Kier molecular flexibility index (Phi) is 9.61. The van der Waals surface area contributed by atoms with Crippen LogP contribution < -0.4 is 4.43 Å². The van der Waals surface area contributed by atoms with Crippen LogP contribution in [0.3, 0.4) is 0 Å². The highest BCUT2D eigenvalue weighted by molar-refractivity contribution is 6.74. The number of carboxylic acid groups (broad SMARTS) is 1. The molecule has 1 aromatic carbocycles. The molecule has 0 spiro atoms. The van der Waals surface area contributed by atoms with E-state index in [-0.39, 0.29) is 29.3 Å². The fraction of sp³-hybridized carbons (Fsp3) is 0.667. The van der Waals surface area contributed by atoms with Gasteiger partial charge in [-0.3, -0.25) is 9.59 Å². The Labute approximate surface area is 218 Å². The Morgan fingerprint density at radius 3 is 2.36 bits per heavy atom. The molecule has 5 atom stereocenters. The average molecular weight is 515 g/mol. The molecule has 5 nitrogen and oxygen atoms in total. The molecule has 0 saturated carbocycles. The topological polar surface area (TPSA) is 72.8 Å². The Morgan fingerprint density at radius 2 is 1.72 bits per heavy atom. The van der Waals surface area contributed by atoms with Crippen molar-refractivity contribution in [3.8, 4) is 5.75 Å². The highest BCUT2D eigenvalue weighted by Crippen LogP contribution is 2.46. The molecule has 2 bridgehead atoms. The molecule has 1 aromatic rings. The molecule has 0 radical (unpaired) electrons. The molecule has 3 rings (SSSR count). The molecular formula is C30H46O5Si. The number of allylic oxidation sites excluding steroid dienone is 1. The highest BCUT2D eigenvalue weighted by atomic mass is 28.4. The van der Waals surface area contributed by atoms with Crippen LogP contribution in [-0.4, -0.2) is 37.4 Å². The zero-order chi connectivity index (χ0) is 26.5. The van der Waals surface area contributed by atoms with Crippen LogP contribution in [0.25, 0.3) is 0 Å². The lowest BCUT2D eigenvalue weighted by atomic mass is 9.76. The van der Waals surface area contributed by atoms with Crippen LogP contribution in [0, 0.1) is 11.8 Å². The van der Waals surface area contributed by atoms with Crippen LogP contribution in [0.15, 0.2) is 36.4 Å². The SMILES string of the molecule is CC(C(=O)C=C[C@@H]1[C@H](CCCCCCC(=O)O)[C@@H]2CC[C@H]1O2)c1ccc(O[Si](C)(C)C(C)(C)C)cc1.